The van der Waals surface area contributed by atoms with Crippen LogP contribution in [0.2, 0.25) is 0 Å². The average Bonchev–Trinajstić information content (AvgIpc) is 2.82. The van der Waals surface area contributed by atoms with Crippen molar-refractivity contribution in [3.63, 3.8) is 0 Å². The molecule has 17 heavy (non-hydrogen) atoms. The lowest BCUT2D eigenvalue weighted by Crippen LogP contribution is -2.46. The first-order chi connectivity index (χ1) is 7.76. The van der Waals surface area contributed by atoms with Gasteiger partial charge in [0.15, 0.2) is 0 Å². The average molecular weight is 243 g/mol. The van der Waals surface area contributed by atoms with E-state index < -0.39 is 11.6 Å². The molecule has 0 aromatic carbocycles. The van der Waals surface area contributed by atoms with E-state index >= 15 is 0 Å². The smallest absolute Gasteiger partial charge is 0.321 e. The molecule has 6 heteroatoms. The van der Waals surface area contributed by atoms with Gasteiger partial charge in [0.05, 0.1) is 12.1 Å². The van der Waals surface area contributed by atoms with Gasteiger partial charge < -0.3 is 10.4 Å². The van der Waals surface area contributed by atoms with Crippen LogP contribution in [0.1, 0.15) is 26.7 Å². The van der Waals surface area contributed by atoms with Crippen LogP contribution in [0.3, 0.4) is 0 Å². The van der Waals surface area contributed by atoms with E-state index in [0.717, 1.165) is 12.8 Å². The van der Waals surface area contributed by atoms with E-state index in [0.29, 0.717) is 6.54 Å². The van der Waals surface area contributed by atoms with Crippen molar-refractivity contribution in [3.8, 4) is 0 Å². The Morgan fingerprint density at radius 3 is 2.47 bits per heavy atom. The van der Waals surface area contributed by atoms with Crippen LogP contribution in [0, 0.1) is 0 Å². The number of imide groups is 1. The maximum absolute atomic E-state index is 11.5. The molecule has 0 unspecified atom stereocenters. The fourth-order valence-electron chi connectivity index (χ4n) is 1.58. The Morgan fingerprint density at radius 2 is 2.00 bits per heavy atom. The minimum atomic E-state index is -0.856. The van der Waals surface area contributed by atoms with E-state index in [-0.39, 0.29) is 18.5 Å². The van der Waals surface area contributed by atoms with Crippen LogP contribution in [-0.2, 0) is 4.79 Å². The standard InChI is InChI=1S/C11H21N3O3/c1-11(2,17)7-14(3)6-9(15)13-10(16)12-8-4-5-8/h8,17H,4-7H2,1-3H3,(H2,12,13,15,16). The second kappa shape index (κ2) is 5.46. The molecule has 0 heterocycles. The summed E-state index contributed by atoms with van der Waals surface area (Å²) >= 11 is 0. The number of amides is 3. The lowest BCUT2D eigenvalue weighted by molar-refractivity contribution is -0.121. The van der Waals surface area contributed by atoms with Crippen LogP contribution >= 0.6 is 0 Å². The van der Waals surface area contributed by atoms with Gasteiger partial charge in [-0.3, -0.25) is 15.0 Å². The van der Waals surface area contributed by atoms with Gasteiger partial charge in [0.2, 0.25) is 5.91 Å². The van der Waals surface area contributed by atoms with Crippen molar-refractivity contribution in [2.75, 3.05) is 20.1 Å². The van der Waals surface area contributed by atoms with Gasteiger partial charge in [-0.1, -0.05) is 0 Å². The first kappa shape index (κ1) is 13.9. The lowest BCUT2D eigenvalue weighted by Gasteiger charge is -2.24. The normalized spacial score (nSPS) is 15.8. The van der Waals surface area contributed by atoms with E-state index in [1.165, 1.54) is 0 Å². The first-order valence-corrected chi connectivity index (χ1v) is 5.77. The van der Waals surface area contributed by atoms with Gasteiger partial charge in [0.25, 0.3) is 0 Å². The number of carbonyl (C=O) groups excluding carboxylic acids is 2. The molecule has 1 aliphatic carbocycles. The van der Waals surface area contributed by atoms with Crippen LogP contribution in [0.25, 0.3) is 0 Å². The van der Waals surface area contributed by atoms with Gasteiger partial charge in [0.1, 0.15) is 0 Å². The zero-order valence-corrected chi connectivity index (χ0v) is 10.6. The van der Waals surface area contributed by atoms with Crippen molar-refractivity contribution in [3.05, 3.63) is 0 Å². The van der Waals surface area contributed by atoms with Gasteiger partial charge >= 0.3 is 6.03 Å². The molecule has 0 atom stereocenters. The molecule has 1 rings (SSSR count). The van der Waals surface area contributed by atoms with Crippen molar-refractivity contribution in [2.24, 2.45) is 0 Å². The number of nitrogens with zero attached hydrogens (tertiary/aromatic N) is 1. The highest BCUT2D eigenvalue weighted by atomic mass is 16.3. The molecule has 0 spiro atoms. The van der Waals surface area contributed by atoms with E-state index in [4.69, 9.17) is 0 Å². The molecule has 6 nitrogen and oxygen atoms in total. The summed E-state index contributed by atoms with van der Waals surface area (Å²) in [5, 5.41) is 14.5. The van der Waals surface area contributed by atoms with Crippen LogP contribution in [0.5, 0.6) is 0 Å². The Balaban J connectivity index is 2.20. The highest BCUT2D eigenvalue weighted by Crippen LogP contribution is 2.18. The third-order valence-corrected chi connectivity index (χ3v) is 2.24. The van der Waals surface area contributed by atoms with Crippen LogP contribution in [-0.4, -0.2) is 53.7 Å². The van der Waals surface area contributed by atoms with Gasteiger partial charge in [-0.05, 0) is 33.7 Å². The highest BCUT2D eigenvalue weighted by Gasteiger charge is 2.24. The van der Waals surface area contributed by atoms with Crippen molar-refractivity contribution in [2.45, 2.75) is 38.3 Å². The summed E-state index contributed by atoms with van der Waals surface area (Å²) in [6.07, 6.45) is 1.97. The maximum Gasteiger partial charge on any atom is 0.321 e. The van der Waals surface area contributed by atoms with Crippen LogP contribution < -0.4 is 10.6 Å². The van der Waals surface area contributed by atoms with E-state index in [9.17, 15) is 14.7 Å². The summed E-state index contributed by atoms with van der Waals surface area (Å²) in [5.41, 5.74) is -0.856. The highest BCUT2D eigenvalue weighted by molar-refractivity contribution is 5.95. The molecule has 1 aliphatic rings. The predicted molar refractivity (Wildman–Crippen MR) is 63.5 cm³/mol. The monoisotopic (exact) mass is 243 g/mol. The molecular weight excluding hydrogens is 222 g/mol. The molecule has 1 saturated carbocycles. The number of nitrogens with one attached hydrogen (secondary N) is 2. The van der Waals surface area contributed by atoms with Crippen LogP contribution in [0.4, 0.5) is 4.79 Å². The number of hydrogen-bond acceptors (Lipinski definition) is 4. The van der Waals surface area contributed by atoms with Gasteiger partial charge in [-0.2, -0.15) is 0 Å². The minimum Gasteiger partial charge on any atom is -0.389 e. The number of likely N-dealkylation sites (N-methyl/N-ethyl adjacent to an activating group) is 1. The summed E-state index contributed by atoms with van der Waals surface area (Å²) in [6.45, 7) is 3.79. The maximum atomic E-state index is 11.5. The third-order valence-electron chi connectivity index (χ3n) is 2.24. The topological polar surface area (TPSA) is 81.7 Å². The van der Waals surface area contributed by atoms with Gasteiger partial charge in [0, 0.05) is 12.6 Å². The van der Waals surface area contributed by atoms with Crippen molar-refractivity contribution in [1.82, 2.24) is 15.5 Å². The summed E-state index contributed by atoms with van der Waals surface area (Å²) in [5.74, 6) is -0.366. The van der Waals surface area contributed by atoms with Crippen molar-refractivity contribution in [1.29, 1.82) is 0 Å². The number of rotatable bonds is 5. The largest absolute Gasteiger partial charge is 0.389 e. The Bertz CT molecular complexity index is 295. The van der Waals surface area contributed by atoms with Gasteiger partial charge in [-0.15, -0.1) is 0 Å². The molecule has 0 aromatic rings. The second-order valence-corrected chi connectivity index (χ2v) is 5.28. The Morgan fingerprint density at radius 1 is 1.41 bits per heavy atom. The van der Waals surface area contributed by atoms with Crippen molar-refractivity contribution < 1.29 is 14.7 Å². The molecular formula is C11H21N3O3. The van der Waals surface area contributed by atoms with Crippen LogP contribution in [0.15, 0.2) is 0 Å². The molecule has 0 saturated heterocycles. The molecule has 0 aliphatic heterocycles. The predicted octanol–water partition coefficient (Wildman–Crippen LogP) is -0.323. The summed E-state index contributed by atoms with van der Waals surface area (Å²) in [4.78, 5) is 24.4. The lowest BCUT2D eigenvalue weighted by atomic mass is 10.1. The SMILES string of the molecule is CN(CC(=O)NC(=O)NC1CC1)CC(C)(C)O. The van der Waals surface area contributed by atoms with E-state index in [2.05, 4.69) is 10.6 Å². The number of hydrogen-bond donors (Lipinski definition) is 3. The zero-order chi connectivity index (χ0) is 13.1. The Labute approximate surface area is 101 Å². The Hall–Kier alpha value is -1.14. The van der Waals surface area contributed by atoms with Crippen molar-refractivity contribution >= 4 is 11.9 Å². The summed E-state index contributed by atoms with van der Waals surface area (Å²) in [6, 6.07) is -0.203. The second-order valence-electron chi connectivity index (χ2n) is 5.28. The number of aliphatic hydroxyl groups is 1. The van der Waals surface area contributed by atoms with E-state index in [1.807, 2.05) is 0 Å². The quantitative estimate of drug-likeness (QED) is 0.618. The number of urea groups is 1. The zero-order valence-electron chi connectivity index (χ0n) is 10.6. The molecule has 0 radical (unpaired) electrons. The molecule has 1 fully saturated rings. The van der Waals surface area contributed by atoms with Gasteiger partial charge in [-0.25, -0.2) is 4.79 Å². The summed E-state index contributed by atoms with van der Waals surface area (Å²) in [7, 11) is 1.72. The third kappa shape index (κ3) is 6.91. The molecule has 0 bridgehead atoms. The molecule has 0 aromatic heterocycles. The fourth-order valence-corrected chi connectivity index (χ4v) is 1.58. The fraction of sp³-hybridized carbons (Fsp3) is 0.818. The minimum absolute atomic E-state index is 0.0854. The molecule has 3 N–H and O–H groups in total. The van der Waals surface area contributed by atoms with E-state index in [1.54, 1.807) is 25.8 Å². The number of carbonyl (C=O) groups is 2. The summed E-state index contributed by atoms with van der Waals surface area (Å²) < 4.78 is 0. The molecule has 3 amide bonds. The Kier molecular flexibility index (Phi) is 4.47. The first-order valence-electron chi connectivity index (χ1n) is 5.77. The molecule has 98 valence electrons.